The first-order valence-electron chi connectivity index (χ1n) is 6.82. The fraction of sp³-hybridized carbons (Fsp3) is 0.312. The van der Waals surface area contributed by atoms with Gasteiger partial charge in [-0.1, -0.05) is 12.1 Å². The number of Topliss-reactive ketones (excluding diaryl/α,β-unsaturated/α-hetero) is 2. The first-order valence-corrected chi connectivity index (χ1v) is 6.82. The van der Waals surface area contributed by atoms with Gasteiger partial charge in [0.25, 0.3) is 5.91 Å². The van der Waals surface area contributed by atoms with Crippen molar-refractivity contribution in [2.45, 2.75) is 13.0 Å². The monoisotopic (exact) mass is 314 g/mol. The normalized spacial score (nSPS) is 20.3. The van der Waals surface area contributed by atoms with Crippen LogP contribution in [0.3, 0.4) is 0 Å². The molecule has 1 fully saturated rings. The first-order chi connectivity index (χ1) is 10.9. The highest BCUT2D eigenvalue weighted by molar-refractivity contribution is 6.42. The molecule has 0 N–H and O–H groups in total. The van der Waals surface area contributed by atoms with Crippen LogP contribution in [0.2, 0.25) is 0 Å². The Morgan fingerprint density at radius 3 is 2.35 bits per heavy atom. The Kier molecular flexibility index (Phi) is 4.55. The smallest absolute Gasteiger partial charge is 0.337 e. The topological polar surface area (TPSA) is 105 Å². The summed E-state index contributed by atoms with van der Waals surface area (Å²) in [5, 5.41) is 8.87. The fourth-order valence-corrected chi connectivity index (χ4v) is 2.68. The van der Waals surface area contributed by atoms with E-state index in [0.717, 1.165) is 4.90 Å². The van der Waals surface area contributed by atoms with Gasteiger partial charge in [0.2, 0.25) is 5.78 Å². The van der Waals surface area contributed by atoms with E-state index in [1.54, 1.807) is 12.1 Å². The van der Waals surface area contributed by atoms with Crippen molar-refractivity contribution in [2.24, 2.45) is 5.92 Å². The van der Waals surface area contributed by atoms with Gasteiger partial charge >= 0.3 is 5.97 Å². The van der Waals surface area contributed by atoms with E-state index in [1.165, 1.54) is 26.2 Å². The maximum absolute atomic E-state index is 12.0. The summed E-state index contributed by atoms with van der Waals surface area (Å²) in [6, 6.07) is 7.05. The molecule has 2 atom stereocenters. The van der Waals surface area contributed by atoms with Crippen LogP contribution >= 0.6 is 0 Å². The van der Waals surface area contributed by atoms with Gasteiger partial charge in [-0.3, -0.25) is 14.4 Å². The van der Waals surface area contributed by atoms with E-state index in [0.29, 0.717) is 11.1 Å². The van der Waals surface area contributed by atoms with Gasteiger partial charge in [0.1, 0.15) is 18.2 Å². The molecule has 7 heteroatoms. The maximum atomic E-state index is 12.0. The Hall–Kier alpha value is -3.01. The summed E-state index contributed by atoms with van der Waals surface area (Å²) < 4.78 is 4.60. The molecule has 0 bridgehead atoms. The number of carbonyl (C=O) groups is 4. The SMILES string of the molecule is COC(=O)c1ccc(C2C(C(C)=O)C(=O)C(=O)N2CC#N)cc1. The number of nitrogens with zero attached hydrogens (tertiary/aromatic N) is 2. The van der Waals surface area contributed by atoms with Crippen molar-refractivity contribution in [2.75, 3.05) is 13.7 Å². The van der Waals surface area contributed by atoms with Crippen LogP contribution in [0.1, 0.15) is 28.9 Å². The standard InChI is InChI=1S/C16H14N2O5/c1-9(19)12-13(18(8-7-17)15(21)14(12)20)10-3-5-11(6-4-10)16(22)23-2/h3-6,12-13H,8H2,1-2H3. The van der Waals surface area contributed by atoms with Gasteiger partial charge in [-0.25, -0.2) is 4.79 Å². The molecule has 118 valence electrons. The van der Waals surface area contributed by atoms with Crippen LogP contribution < -0.4 is 0 Å². The predicted octanol–water partition coefficient (Wildman–Crippen LogP) is 0.654. The highest BCUT2D eigenvalue weighted by Gasteiger charge is 2.50. The lowest BCUT2D eigenvalue weighted by molar-refractivity contribution is -0.141. The predicted molar refractivity (Wildman–Crippen MR) is 77.0 cm³/mol. The maximum Gasteiger partial charge on any atom is 0.337 e. The van der Waals surface area contributed by atoms with Gasteiger partial charge in [0.15, 0.2) is 0 Å². The molecule has 0 spiro atoms. The van der Waals surface area contributed by atoms with Crippen molar-refractivity contribution >= 4 is 23.4 Å². The van der Waals surface area contributed by atoms with E-state index >= 15 is 0 Å². The van der Waals surface area contributed by atoms with Gasteiger partial charge in [0, 0.05) is 0 Å². The number of benzene rings is 1. The van der Waals surface area contributed by atoms with Gasteiger partial charge < -0.3 is 9.64 Å². The van der Waals surface area contributed by atoms with Crippen molar-refractivity contribution in [3.05, 3.63) is 35.4 Å². The van der Waals surface area contributed by atoms with Crippen LogP contribution in [0.5, 0.6) is 0 Å². The van der Waals surface area contributed by atoms with Crippen molar-refractivity contribution < 1.29 is 23.9 Å². The van der Waals surface area contributed by atoms with Crippen molar-refractivity contribution in [1.29, 1.82) is 5.26 Å². The van der Waals surface area contributed by atoms with E-state index < -0.39 is 35.4 Å². The summed E-state index contributed by atoms with van der Waals surface area (Å²) in [4.78, 5) is 48.4. The van der Waals surface area contributed by atoms with Gasteiger partial charge in [-0.15, -0.1) is 0 Å². The summed E-state index contributed by atoms with van der Waals surface area (Å²) in [5.41, 5.74) is 0.811. The second kappa shape index (κ2) is 6.40. The largest absolute Gasteiger partial charge is 0.465 e. The van der Waals surface area contributed by atoms with Crippen LogP contribution in [-0.4, -0.2) is 42.0 Å². The molecule has 1 aromatic carbocycles. The third-order valence-corrected chi connectivity index (χ3v) is 3.76. The number of rotatable bonds is 4. The van der Waals surface area contributed by atoms with Gasteiger partial charge in [-0.2, -0.15) is 5.26 Å². The Labute approximate surface area is 132 Å². The first kappa shape index (κ1) is 16.4. The minimum atomic E-state index is -1.14. The lowest BCUT2D eigenvalue weighted by Crippen LogP contribution is -2.30. The van der Waals surface area contributed by atoms with Crippen LogP contribution in [-0.2, 0) is 19.1 Å². The molecule has 0 aromatic heterocycles. The van der Waals surface area contributed by atoms with E-state index in [4.69, 9.17) is 5.26 Å². The summed E-state index contributed by atoms with van der Waals surface area (Å²) in [6.07, 6.45) is 0. The second-order valence-electron chi connectivity index (χ2n) is 5.10. The molecule has 1 aromatic rings. The van der Waals surface area contributed by atoms with E-state index in [1.807, 2.05) is 6.07 Å². The number of esters is 1. The zero-order valence-corrected chi connectivity index (χ0v) is 12.6. The van der Waals surface area contributed by atoms with Crippen LogP contribution in [0.25, 0.3) is 0 Å². The number of ketones is 2. The molecule has 1 aliphatic rings. The molecule has 0 aliphatic carbocycles. The Bertz CT molecular complexity index is 717. The molecule has 1 aliphatic heterocycles. The van der Waals surface area contributed by atoms with Crippen molar-refractivity contribution in [3.8, 4) is 6.07 Å². The highest BCUT2D eigenvalue weighted by Crippen LogP contribution is 2.36. The molecule has 1 saturated heterocycles. The number of likely N-dealkylation sites (tertiary alicyclic amines) is 1. The molecule has 2 unspecified atom stereocenters. The van der Waals surface area contributed by atoms with Crippen molar-refractivity contribution in [3.63, 3.8) is 0 Å². The third-order valence-electron chi connectivity index (χ3n) is 3.76. The number of hydrogen-bond donors (Lipinski definition) is 0. The Morgan fingerprint density at radius 2 is 1.87 bits per heavy atom. The lowest BCUT2D eigenvalue weighted by Gasteiger charge is -2.24. The van der Waals surface area contributed by atoms with Crippen molar-refractivity contribution in [1.82, 2.24) is 4.90 Å². The molecule has 7 nitrogen and oxygen atoms in total. The number of nitriles is 1. The summed E-state index contributed by atoms with van der Waals surface area (Å²) in [5.74, 6) is -3.75. The minimum absolute atomic E-state index is 0.294. The Morgan fingerprint density at radius 1 is 1.26 bits per heavy atom. The zero-order chi connectivity index (χ0) is 17.1. The molecule has 0 radical (unpaired) electrons. The molecule has 2 rings (SSSR count). The molecule has 23 heavy (non-hydrogen) atoms. The summed E-state index contributed by atoms with van der Waals surface area (Å²) >= 11 is 0. The molecule has 0 saturated carbocycles. The number of hydrogen-bond acceptors (Lipinski definition) is 6. The van der Waals surface area contributed by atoms with Gasteiger partial charge in [-0.05, 0) is 24.6 Å². The van der Waals surface area contributed by atoms with Crippen LogP contribution in [0.4, 0.5) is 0 Å². The number of methoxy groups -OCH3 is 1. The zero-order valence-electron chi connectivity index (χ0n) is 12.6. The number of amides is 1. The van der Waals surface area contributed by atoms with Crippen LogP contribution in [0, 0.1) is 17.2 Å². The molecule has 1 heterocycles. The summed E-state index contributed by atoms with van der Waals surface area (Å²) in [6.45, 7) is 0.944. The minimum Gasteiger partial charge on any atom is -0.465 e. The average molecular weight is 314 g/mol. The van der Waals surface area contributed by atoms with E-state index in [-0.39, 0.29) is 6.54 Å². The van der Waals surface area contributed by atoms with Crippen LogP contribution in [0.15, 0.2) is 24.3 Å². The second-order valence-corrected chi connectivity index (χ2v) is 5.10. The molecular formula is C16H14N2O5. The number of ether oxygens (including phenoxy) is 1. The molecular weight excluding hydrogens is 300 g/mol. The van der Waals surface area contributed by atoms with E-state index in [2.05, 4.69) is 4.74 Å². The fourth-order valence-electron chi connectivity index (χ4n) is 2.68. The molecule has 1 amide bonds. The Balaban J connectivity index is 2.45. The van der Waals surface area contributed by atoms with Gasteiger partial charge in [0.05, 0.1) is 24.8 Å². The summed E-state index contributed by atoms with van der Waals surface area (Å²) in [7, 11) is 1.25. The highest BCUT2D eigenvalue weighted by atomic mass is 16.5. The average Bonchev–Trinajstić information content (AvgIpc) is 2.79. The third kappa shape index (κ3) is 2.83. The quantitative estimate of drug-likeness (QED) is 0.350. The number of carbonyl (C=O) groups excluding carboxylic acids is 4. The van der Waals surface area contributed by atoms with E-state index in [9.17, 15) is 19.2 Å². The lowest BCUT2D eigenvalue weighted by atomic mass is 9.89.